The Morgan fingerprint density at radius 2 is 2.03 bits per heavy atom. The number of hydrogen-bond acceptors (Lipinski definition) is 8. The number of rotatable bonds is 7. The average Bonchev–Trinajstić information content (AvgIpc) is 3.42. The molecule has 3 amide bonds. The molecule has 0 saturated carbocycles. The number of carbonyl (C=O) groups is 2. The predicted octanol–water partition coefficient (Wildman–Crippen LogP) is 0.367. The third kappa shape index (κ3) is 4.85. The minimum Gasteiger partial charge on any atom is -0.346 e. The van der Waals surface area contributed by atoms with Crippen LogP contribution in [-0.4, -0.2) is 85.5 Å². The van der Waals surface area contributed by atoms with E-state index < -0.39 is 0 Å². The van der Waals surface area contributed by atoms with Crippen molar-refractivity contribution in [2.45, 2.75) is 26.6 Å². The van der Waals surface area contributed by atoms with Gasteiger partial charge in [-0.2, -0.15) is 15.0 Å². The number of urea groups is 1. The molecule has 0 bridgehead atoms. The van der Waals surface area contributed by atoms with E-state index in [1.165, 1.54) is 11.0 Å². The Bertz CT molecular complexity index is 998. The molecule has 12 heteroatoms. The molecule has 0 aliphatic carbocycles. The molecule has 2 fully saturated rings. The van der Waals surface area contributed by atoms with Gasteiger partial charge in [-0.3, -0.25) is 14.6 Å². The molecule has 170 valence electrons. The molecule has 0 aromatic carbocycles. The molecule has 2 aliphatic rings. The van der Waals surface area contributed by atoms with Crippen LogP contribution in [0.25, 0.3) is 0 Å². The highest BCUT2D eigenvalue weighted by atomic mass is 16.2. The van der Waals surface area contributed by atoms with Crippen molar-refractivity contribution in [2.75, 3.05) is 49.5 Å². The quantitative estimate of drug-likeness (QED) is 0.592. The second-order valence-electron chi connectivity index (χ2n) is 7.86. The van der Waals surface area contributed by atoms with Crippen LogP contribution in [0.15, 0.2) is 25.2 Å². The van der Waals surface area contributed by atoms with E-state index in [0.29, 0.717) is 50.6 Å². The number of amides is 3. The zero-order chi connectivity index (χ0) is 22.7. The van der Waals surface area contributed by atoms with Gasteiger partial charge in [0, 0.05) is 45.5 Å². The third-order valence-electron chi connectivity index (χ3n) is 5.50. The van der Waals surface area contributed by atoms with Crippen LogP contribution < -0.4 is 15.5 Å². The highest BCUT2D eigenvalue weighted by Crippen LogP contribution is 2.18. The Morgan fingerprint density at radius 1 is 1.25 bits per heavy atom. The fraction of sp³-hybridized carbons (Fsp3) is 0.500. The summed E-state index contributed by atoms with van der Waals surface area (Å²) in [5.41, 5.74) is 0.851. The van der Waals surface area contributed by atoms with Gasteiger partial charge in [0.15, 0.2) is 0 Å². The normalized spacial score (nSPS) is 17.9. The summed E-state index contributed by atoms with van der Waals surface area (Å²) in [6.45, 7) is 12.1. The first kappa shape index (κ1) is 21.7. The second kappa shape index (κ2) is 9.30. The smallest absolute Gasteiger partial charge is 0.324 e. The monoisotopic (exact) mass is 440 g/mol. The fourth-order valence-electron chi connectivity index (χ4n) is 3.73. The van der Waals surface area contributed by atoms with Crippen molar-refractivity contribution in [3.8, 4) is 0 Å². The van der Waals surface area contributed by atoms with Gasteiger partial charge in [0.2, 0.25) is 17.8 Å². The van der Waals surface area contributed by atoms with Crippen LogP contribution in [0.1, 0.15) is 24.5 Å². The molecule has 12 nitrogen and oxygen atoms in total. The lowest BCUT2D eigenvalue weighted by atomic mass is 10.2. The van der Waals surface area contributed by atoms with E-state index in [4.69, 9.17) is 0 Å². The molecule has 2 aromatic heterocycles. The van der Waals surface area contributed by atoms with Crippen molar-refractivity contribution in [1.29, 1.82) is 0 Å². The van der Waals surface area contributed by atoms with E-state index in [9.17, 15) is 9.59 Å². The largest absolute Gasteiger partial charge is 0.346 e. The maximum absolute atomic E-state index is 11.9. The molecule has 0 spiro atoms. The molecule has 4 rings (SSSR count). The van der Waals surface area contributed by atoms with E-state index >= 15 is 0 Å². The number of nitrogens with zero attached hydrogens (tertiary/aromatic N) is 8. The first-order valence-corrected chi connectivity index (χ1v) is 10.6. The lowest BCUT2D eigenvalue weighted by Gasteiger charge is -2.34. The summed E-state index contributed by atoms with van der Waals surface area (Å²) in [6, 6.07) is -0.344. The zero-order valence-corrected chi connectivity index (χ0v) is 18.4. The number of aryl methyl sites for hydroxylation is 1. The summed E-state index contributed by atoms with van der Waals surface area (Å²) in [5.74, 6) is 1.25. The molecule has 4 heterocycles. The predicted molar refractivity (Wildman–Crippen MR) is 118 cm³/mol. The summed E-state index contributed by atoms with van der Waals surface area (Å²) in [7, 11) is 0. The van der Waals surface area contributed by atoms with Crippen molar-refractivity contribution >= 4 is 23.8 Å². The summed E-state index contributed by atoms with van der Waals surface area (Å²) in [4.78, 5) is 46.8. The Labute approximate surface area is 186 Å². The number of imidazole rings is 1. The first-order valence-electron chi connectivity index (χ1n) is 10.6. The topological polar surface area (TPSA) is 124 Å². The lowest BCUT2D eigenvalue weighted by molar-refractivity contribution is -0.127. The Kier molecular flexibility index (Phi) is 6.30. The van der Waals surface area contributed by atoms with E-state index in [-0.39, 0.29) is 18.0 Å². The van der Waals surface area contributed by atoms with Crippen LogP contribution in [0.3, 0.4) is 0 Å². The van der Waals surface area contributed by atoms with Crippen LogP contribution in [0.5, 0.6) is 0 Å². The summed E-state index contributed by atoms with van der Waals surface area (Å²) < 4.78 is 2.02. The maximum atomic E-state index is 11.9. The van der Waals surface area contributed by atoms with Crippen LogP contribution in [0, 0.1) is 6.92 Å². The van der Waals surface area contributed by atoms with Crippen LogP contribution >= 0.6 is 0 Å². The Morgan fingerprint density at radius 3 is 2.72 bits per heavy atom. The SMILES string of the molecule is C=CC(=O)N1CCN(Cn2cnc([C@H](C)Nc3nc(C)nc(N4CCNC4=O)n3)c2)CC1. The minimum absolute atomic E-state index is 0.0171. The molecule has 2 aromatic rings. The van der Waals surface area contributed by atoms with Gasteiger partial charge in [0.1, 0.15) is 5.82 Å². The van der Waals surface area contributed by atoms with Crippen molar-refractivity contribution in [2.24, 2.45) is 0 Å². The van der Waals surface area contributed by atoms with Crippen molar-refractivity contribution < 1.29 is 9.59 Å². The van der Waals surface area contributed by atoms with Crippen LogP contribution in [-0.2, 0) is 11.5 Å². The van der Waals surface area contributed by atoms with Gasteiger partial charge in [-0.05, 0) is 19.9 Å². The highest BCUT2D eigenvalue weighted by Gasteiger charge is 2.25. The van der Waals surface area contributed by atoms with Crippen LogP contribution in [0.4, 0.5) is 16.7 Å². The van der Waals surface area contributed by atoms with Gasteiger partial charge < -0.3 is 20.1 Å². The van der Waals surface area contributed by atoms with E-state index in [1.807, 2.05) is 22.6 Å². The number of aromatic nitrogens is 5. The third-order valence-corrected chi connectivity index (χ3v) is 5.50. The molecular formula is C20H28N10O2. The van der Waals surface area contributed by atoms with Crippen molar-refractivity contribution in [3.05, 3.63) is 36.7 Å². The number of nitrogens with one attached hydrogen (secondary N) is 2. The number of hydrogen-bond donors (Lipinski definition) is 2. The van der Waals surface area contributed by atoms with Crippen molar-refractivity contribution in [1.82, 2.24) is 39.6 Å². The molecule has 1 atom stereocenters. The Balaban J connectivity index is 1.36. The molecule has 2 saturated heterocycles. The summed E-state index contributed by atoms with van der Waals surface area (Å²) >= 11 is 0. The highest BCUT2D eigenvalue weighted by molar-refractivity contribution is 5.92. The number of piperazine rings is 1. The van der Waals surface area contributed by atoms with Gasteiger partial charge in [-0.1, -0.05) is 6.58 Å². The molecule has 2 N–H and O–H groups in total. The van der Waals surface area contributed by atoms with E-state index in [0.717, 1.165) is 18.8 Å². The van der Waals surface area contributed by atoms with E-state index in [1.54, 1.807) is 13.3 Å². The average molecular weight is 441 g/mol. The van der Waals surface area contributed by atoms with Gasteiger partial charge in [-0.15, -0.1) is 0 Å². The van der Waals surface area contributed by atoms with Gasteiger partial charge in [-0.25, -0.2) is 9.78 Å². The van der Waals surface area contributed by atoms with Gasteiger partial charge in [0.25, 0.3) is 0 Å². The summed E-state index contributed by atoms with van der Waals surface area (Å²) in [5, 5.41) is 6.00. The Hall–Kier alpha value is -3.54. The maximum Gasteiger partial charge on any atom is 0.324 e. The lowest BCUT2D eigenvalue weighted by Crippen LogP contribution is -2.48. The second-order valence-corrected chi connectivity index (χ2v) is 7.86. The summed E-state index contributed by atoms with van der Waals surface area (Å²) in [6.07, 6.45) is 5.15. The molecule has 2 aliphatic heterocycles. The molecule has 0 radical (unpaired) electrons. The van der Waals surface area contributed by atoms with Crippen LogP contribution in [0.2, 0.25) is 0 Å². The van der Waals surface area contributed by atoms with Gasteiger partial charge in [0.05, 0.1) is 24.7 Å². The van der Waals surface area contributed by atoms with Gasteiger partial charge >= 0.3 is 6.03 Å². The zero-order valence-electron chi connectivity index (χ0n) is 18.4. The number of anilines is 2. The van der Waals surface area contributed by atoms with Crippen molar-refractivity contribution in [3.63, 3.8) is 0 Å². The standard InChI is InChI=1S/C20H28N10O2/c1-4-17(31)29-9-7-27(8-10-29)13-28-11-16(22-12-28)14(2)23-18-24-15(3)25-19(26-18)30-6-5-21-20(30)32/h4,11-12,14H,1,5-10,13H2,2-3H3,(H,21,32)(H,23,24,25,26)/t14-/m0/s1. The first-order chi connectivity index (χ1) is 15.4. The fourth-order valence-corrected chi connectivity index (χ4v) is 3.73. The molecule has 0 unspecified atom stereocenters. The molecular weight excluding hydrogens is 412 g/mol. The minimum atomic E-state index is -0.206. The number of carbonyl (C=O) groups excluding carboxylic acids is 2. The molecule has 32 heavy (non-hydrogen) atoms. The van der Waals surface area contributed by atoms with E-state index in [2.05, 4.69) is 42.0 Å².